The molecule has 0 radical (unpaired) electrons. The van der Waals surface area contributed by atoms with Crippen molar-refractivity contribution in [3.63, 3.8) is 0 Å². The Morgan fingerprint density at radius 3 is 2.60 bits per heavy atom. The van der Waals surface area contributed by atoms with Crippen LogP contribution in [-0.2, 0) is 6.54 Å². The van der Waals surface area contributed by atoms with Crippen LogP contribution in [0.4, 0.5) is 16.7 Å². The van der Waals surface area contributed by atoms with Crippen LogP contribution in [0.2, 0.25) is 5.28 Å². The molecular formula is C16H21ClN6OS. The molecule has 1 aromatic heterocycles. The predicted octanol–water partition coefficient (Wildman–Crippen LogP) is 3.40. The number of hydrogen-bond donors (Lipinski definition) is 3. The maximum atomic E-state index is 11.8. The molecule has 0 aliphatic rings. The molecule has 2 aromatic rings. The third-order valence-corrected chi connectivity index (χ3v) is 3.91. The van der Waals surface area contributed by atoms with Gasteiger partial charge >= 0.3 is 0 Å². The zero-order chi connectivity index (χ0) is 18.1. The minimum absolute atomic E-state index is 0.0681. The third-order valence-electron chi connectivity index (χ3n) is 2.92. The van der Waals surface area contributed by atoms with Gasteiger partial charge in [0, 0.05) is 24.9 Å². The molecule has 134 valence electrons. The number of hydrogen-bond acceptors (Lipinski definition) is 7. The topological polar surface area (TPSA) is 91.8 Å². The predicted molar refractivity (Wildman–Crippen MR) is 103 cm³/mol. The molecule has 3 N–H and O–H groups in total. The van der Waals surface area contributed by atoms with Gasteiger partial charge in [0.05, 0.1) is 0 Å². The van der Waals surface area contributed by atoms with Crippen molar-refractivity contribution in [2.24, 2.45) is 0 Å². The first kappa shape index (κ1) is 19.3. The molecule has 0 aliphatic carbocycles. The van der Waals surface area contributed by atoms with Crippen LogP contribution in [0.15, 0.2) is 30.3 Å². The minimum atomic E-state index is -0.0681. The van der Waals surface area contributed by atoms with Gasteiger partial charge in [-0.25, -0.2) is 0 Å². The molecule has 0 saturated carbocycles. The van der Waals surface area contributed by atoms with Crippen LogP contribution in [0.3, 0.4) is 0 Å². The Bertz CT molecular complexity index is 686. The van der Waals surface area contributed by atoms with Gasteiger partial charge in [-0.05, 0) is 31.0 Å². The molecule has 0 unspecified atom stereocenters. The molecule has 1 amide bonds. The van der Waals surface area contributed by atoms with E-state index in [0.717, 1.165) is 5.56 Å². The van der Waals surface area contributed by atoms with Crippen LogP contribution < -0.4 is 16.0 Å². The number of rotatable bonds is 8. The summed E-state index contributed by atoms with van der Waals surface area (Å²) in [5.74, 6) is 1.39. The van der Waals surface area contributed by atoms with E-state index in [1.807, 2.05) is 44.2 Å². The van der Waals surface area contributed by atoms with Crippen molar-refractivity contribution in [1.82, 2.24) is 20.3 Å². The van der Waals surface area contributed by atoms with Crippen molar-refractivity contribution in [1.29, 1.82) is 0 Å². The lowest BCUT2D eigenvalue weighted by molar-refractivity contribution is 0.260. The van der Waals surface area contributed by atoms with Crippen molar-refractivity contribution in [2.75, 3.05) is 22.9 Å². The summed E-state index contributed by atoms with van der Waals surface area (Å²) in [6.07, 6.45) is 0. The van der Waals surface area contributed by atoms with E-state index in [2.05, 4.69) is 30.9 Å². The number of anilines is 2. The summed E-state index contributed by atoms with van der Waals surface area (Å²) in [7, 11) is 0. The first-order valence-electron chi connectivity index (χ1n) is 7.89. The highest BCUT2D eigenvalue weighted by Crippen LogP contribution is 2.11. The highest BCUT2D eigenvalue weighted by atomic mass is 35.5. The van der Waals surface area contributed by atoms with Crippen LogP contribution in [-0.4, -0.2) is 38.5 Å². The smallest absolute Gasteiger partial charge is 0.279 e. The zero-order valence-corrected chi connectivity index (χ0v) is 15.7. The lowest BCUT2D eigenvalue weighted by Crippen LogP contribution is -2.20. The number of halogens is 1. The Balaban J connectivity index is 1.70. The summed E-state index contributed by atoms with van der Waals surface area (Å²) >= 11 is 7.09. The molecule has 0 aliphatic heterocycles. The lowest BCUT2D eigenvalue weighted by atomic mass is 10.2. The number of aromatic nitrogens is 3. The second kappa shape index (κ2) is 10.0. The van der Waals surface area contributed by atoms with E-state index in [4.69, 9.17) is 11.6 Å². The molecule has 2 rings (SSSR count). The molecule has 25 heavy (non-hydrogen) atoms. The molecule has 0 atom stereocenters. The Hall–Kier alpha value is -2.06. The monoisotopic (exact) mass is 380 g/mol. The fourth-order valence-corrected chi connectivity index (χ4v) is 2.60. The number of carbonyl (C=O) groups is 1. The van der Waals surface area contributed by atoms with E-state index in [-0.39, 0.29) is 16.6 Å². The molecular weight excluding hydrogens is 360 g/mol. The highest BCUT2D eigenvalue weighted by molar-refractivity contribution is 8.13. The number of amides is 1. The summed E-state index contributed by atoms with van der Waals surface area (Å²) in [6.45, 7) is 5.02. The van der Waals surface area contributed by atoms with Crippen LogP contribution in [0.25, 0.3) is 0 Å². The fourth-order valence-electron chi connectivity index (χ4n) is 1.88. The van der Waals surface area contributed by atoms with Crippen molar-refractivity contribution in [2.45, 2.75) is 26.4 Å². The standard InChI is InChI=1S/C16H21ClN6OS/c1-11(2)20-15-22-13(17)21-14(23-15)18-8-9-25-16(24)19-10-12-6-4-3-5-7-12/h3-7,11H,8-10H2,1-2H3,(H,19,24)(H2,18,20,21,22,23). The Morgan fingerprint density at radius 2 is 1.88 bits per heavy atom. The average molecular weight is 381 g/mol. The second-order valence-corrected chi connectivity index (χ2v) is 6.86. The van der Waals surface area contributed by atoms with E-state index < -0.39 is 0 Å². The van der Waals surface area contributed by atoms with Gasteiger partial charge in [0.1, 0.15) is 0 Å². The van der Waals surface area contributed by atoms with Gasteiger partial charge in [-0.3, -0.25) is 4.79 Å². The van der Waals surface area contributed by atoms with E-state index in [0.29, 0.717) is 30.7 Å². The molecule has 7 nitrogen and oxygen atoms in total. The summed E-state index contributed by atoms with van der Waals surface area (Å²) in [5.41, 5.74) is 1.07. The Labute approximate surface area is 156 Å². The molecule has 1 aromatic carbocycles. The van der Waals surface area contributed by atoms with Gasteiger partial charge in [0.25, 0.3) is 5.24 Å². The van der Waals surface area contributed by atoms with E-state index in [1.54, 1.807) is 0 Å². The van der Waals surface area contributed by atoms with Crippen LogP contribution in [0, 0.1) is 0 Å². The SMILES string of the molecule is CC(C)Nc1nc(Cl)nc(NCCSC(=O)NCc2ccccc2)n1. The van der Waals surface area contributed by atoms with Gasteiger partial charge in [-0.2, -0.15) is 15.0 Å². The van der Waals surface area contributed by atoms with Crippen LogP contribution in [0.1, 0.15) is 19.4 Å². The lowest BCUT2D eigenvalue weighted by Gasteiger charge is -2.10. The average Bonchev–Trinajstić information content (AvgIpc) is 2.57. The van der Waals surface area contributed by atoms with Crippen molar-refractivity contribution in [3.05, 3.63) is 41.2 Å². The number of carbonyl (C=O) groups excluding carboxylic acids is 1. The largest absolute Gasteiger partial charge is 0.353 e. The van der Waals surface area contributed by atoms with E-state index in [9.17, 15) is 4.79 Å². The molecule has 0 spiro atoms. The van der Waals surface area contributed by atoms with Gasteiger partial charge in [-0.15, -0.1) is 0 Å². The van der Waals surface area contributed by atoms with Gasteiger partial charge in [0.2, 0.25) is 17.2 Å². The zero-order valence-electron chi connectivity index (χ0n) is 14.1. The summed E-state index contributed by atoms with van der Waals surface area (Å²) < 4.78 is 0. The maximum absolute atomic E-state index is 11.8. The van der Waals surface area contributed by atoms with Gasteiger partial charge < -0.3 is 16.0 Å². The molecule has 0 bridgehead atoms. The Kier molecular flexibility index (Phi) is 7.75. The first-order valence-corrected chi connectivity index (χ1v) is 9.26. The number of nitrogens with zero attached hydrogens (tertiary/aromatic N) is 3. The summed E-state index contributed by atoms with van der Waals surface area (Å²) in [6, 6.07) is 9.97. The molecule has 0 saturated heterocycles. The number of nitrogens with one attached hydrogen (secondary N) is 3. The second-order valence-electron chi connectivity index (χ2n) is 5.45. The van der Waals surface area contributed by atoms with E-state index in [1.165, 1.54) is 11.8 Å². The van der Waals surface area contributed by atoms with Crippen LogP contribution in [0.5, 0.6) is 0 Å². The molecule has 0 fully saturated rings. The van der Waals surface area contributed by atoms with Crippen molar-refractivity contribution < 1.29 is 4.79 Å². The Morgan fingerprint density at radius 1 is 1.16 bits per heavy atom. The number of thioether (sulfide) groups is 1. The fraction of sp³-hybridized carbons (Fsp3) is 0.375. The normalized spacial score (nSPS) is 10.6. The summed E-state index contributed by atoms with van der Waals surface area (Å²) in [5, 5.41) is 9.02. The third kappa shape index (κ3) is 7.57. The first-order chi connectivity index (χ1) is 12.0. The highest BCUT2D eigenvalue weighted by Gasteiger charge is 2.06. The van der Waals surface area contributed by atoms with Gasteiger partial charge in [0.15, 0.2) is 0 Å². The molecule has 1 heterocycles. The minimum Gasteiger partial charge on any atom is -0.353 e. The number of benzene rings is 1. The summed E-state index contributed by atoms with van der Waals surface area (Å²) in [4.78, 5) is 24.1. The molecule has 9 heteroatoms. The van der Waals surface area contributed by atoms with E-state index >= 15 is 0 Å². The maximum Gasteiger partial charge on any atom is 0.279 e. The van der Waals surface area contributed by atoms with Crippen molar-refractivity contribution in [3.8, 4) is 0 Å². The quantitative estimate of drug-likeness (QED) is 0.604. The van der Waals surface area contributed by atoms with Gasteiger partial charge in [-0.1, -0.05) is 42.1 Å². The van der Waals surface area contributed by atoms with Crippen molar-refractivity contribution >= 4 is 40.5 Å². The van der Waals surface area contributed by atoms with Crippen LogP contribution >= 0.6 is 23.4 Å².